The van der Waals surface area contributed by atoms with Gasteiger partial charge in [-0.25, -0.2) is 18.7 Å². The van der Waals surface area contributed by atoms with Crippen molar-refractivity contribution in [3.63, 3.8) is 0 Å². The standard InChI is InChI=1S/C16H17F2N3/c1-9-14-4-10(8-19)2-3-15(14)21-16(20-9)11-5-12(17)7-13(18)6-11/h5-7,10H,2-4,8,19H2,1H3. The molecule has 3 nitrogen and oxygen atoms in total. The Morgan fingerprint density at radius 1 is 1.19 bits per heavy atom. The van der Waals surface area contributed by atoms with E-state index in [1.54, 1.807) is 0 Å². The Kier molecular flexibility index (Phi) is 3.68. The minimum atomic E-state index is -0.618. The van der Waals surface area contributed by atoms with Crippen LogP contribution >= 0.6 is 0 Å². The van der Waals surface area contributed by atoms with Gasteiger partial charge < -0.3 is 5.73 Å². The van der Waals surface area contributed by atoms with Gasteiger partial charge in [0.2, 0.25) is 0 Å². The predicted octanol–water partition coefficient (Wildman–Crippen LogP) is 2.79. The van der Waals surface area contributed by atoms with Crippen LogP contribution in [0.5, 0.6) is 0 Å². The van der Waals surface area contributed by atoms with Gasteiger partial charge in [-0.15, -0.1) is 0 Å². The number of hydrogen-bond donors (Lipinski definition) is 1. The van der Waals surface area contributed by atoms with Gasteiger partial charge in [0, 0.05) is 23.0 Å². The zero-order valence-electron chi connectivity index (χ0n) is 11.9. The molecule has 2 N–H and O–H groups in total. The smallest absolute Gasteiger partial charge is 0.159 e. The van der Waals surface area contributed by atoms with Crippen molar-refractivity contribution in [1.82, 2.24) is 9.97 Å². The molecule has 3 rings (SSSR count). The van der Waals surface area contributed by atoms with Crippen molar-refractivity contribution in [2.24, 2.45) is 11.7 Å². The van der Waals surface area contributed by atoms with E-state index in [2.05, 4.69) is 9.97 Å². The Morgan fingerprint density at radius 3 is 2.57 bits per heavy atom. The van der Waals surface area contributed by atoms with E-state index in [1.807, 2.05) is 6.92 Å². The predicted molar refractivity (Wildman–Crippen MR) is 76.7 cm³/mol. The van der Waals surface area contributed by atoms with Crippen LogP contribution in [0.3, 0.4) is 0 Å². The molecular formula is C16H17F2N3. The average molecular weight is 289 g/mol. The first-order valence-corrected chi connectivity index (χ1v) is 7.09. The Morgan fingerprint density at radius 2 is 1.90 bits per heavy atom. The quantitative estimate of drug-likeness (QED) is 0.925. The second kappa shape index (κ2) is 5.48. The van der Waals surface area contributed by atoms with Crippen LogP contribution in [0, 0.1) is 24.5 Å². The number of fused-ring (bicyclic) bond motifs is 1. The summed E-state index contributed by atoms with van der Waals surface area (Å²) in [6, 6.07) is 3.37. The minimum absolute atomic E-state index is 0.374. The van der Waals surface area contributed by atoms with Crippen molar-refractivity contribution in [3.05, 3.63) is 46.8 Å². The van der Waals surface area contributed by atoms with E-state index < -0.39 is 11.6 Å². The van der Waals surface area contributed by atoms with Gasteiger partial charge in [0.1, 0.15) is 11.6 Å². The van der Waals surface area contributed by atoms with Gasteiger partial charge in [-0.2, -0.15) is 0 Å². The number of nitrogens with zero attached hydrogens (tertiary/aromatic N) is 2. The van der Waals surface area contributed by atoms with Crippen LogP contribution in [-0.4, -0.2) is 16.5 Å². The molecule has 1 atom stereocenters. The molecule has 0 fully saturated rings. The largest absolute Gasteiger partial charge is 0.330 e. The topological polar surface area (TPSA) is 51.8 Å². The van der Waals surface area contributed by atoms with Crippen LogP contribution in [0.2, 0.25) is 0 Å². The molecule has 1 aliphatic rings. The van der Waals surface area contributed by atoms with E-state index in [-0.39, 0.29) is 0 Å². The summed E-state index contributed by atoms with van der Waals surface area (Å²) in [5.74, 6) is -0.382. The molecule has 21 heavy (non-hydrogen) atoms. The van der Waals surface area contributed by atoms with Gasteiger partial charge in [-0.3, -0.25) is 0 Å². The lowest BCUT2D eigenvalue weighted by Gasteiger charge is -2.24. The van der Waals surface area contributed by atoms with Crippen LogP contribution < -0.4 is 5.73 Å². The molecule has 2 aromatic rings. The number of aromatic nitrogens is 2. The number of aryl methyl sites for hydroxylation is 2. The lowest BCUT2D eigenvalue weighted by Crippen LogP contribution is -2.24. The third-order valence-electron chi connectivity index (χ3n) is 4.04. The van der Waals surface area contributed by atoms with Crippen LogP contribution in [0.1, 0.15) is 23.4 Å². The molecule has 0 spiro atoms. The zero-order chi connectivity index (χ0) is 15.0. The fraction of sp³-hybridized carbons (Fsp3) is 0.375. The summed E-state index contributed by atoms with van der Waals surface area (Å²) in [6.45, 7) is 2.58. The van der Waals surface area contributed by atoms with Crippen molar-refractivity contribution in [2.75, 3.05) is 6.54 Å². The number of nitrogens with two attached hydrogens (primary N) is 1. The molecule has 0 bridgehead atoms. The van der Waals surface area contributed by atoms with Crippen LogP contribution in [0.4, 0.5) is 8.78 Å². The highest BCUT2D eigenvalue weighted by atomic mass is 19.1. The third kappa shape index (κ3) is 2.78. The van der Waals surface area contributed by atoms with Gasteiger partial charge in [0.25, 0.3) is 0 Å². The van der Waals surface area contributed by atoms with E-state index in [9.17, 15) is 8.78 Å². The van der Waals surface area contributed by atoms with Gasteiger partial charge in [0.15, 0.2) is 5.82 Å². The Balaban J connectivity index is 2.04. The lowest BCUT2D eigenvalue weighted by atomic mass is 9.86. The van der Waals surface area contributed by atoms with Crippen molar-refractivity contribution >= 4 is 0 Å². The van der Waals surface area contributed by atoms with Crippen molar-refractivity contribution in [2.45, 2.75) is 26.2 Å². The second-order valence-electron chi connectivity index (χ2n) is 5.56. The molecular weight excluding hydrogens is 272 g/mol. The second-order valence-corrected chi connectivity index (χ2v) is 5.56. The fourth-order valence-corrected chi connectivity index (χ4v) is 2.87. The van der Waals surface area contributed by atoms with Crippen molar-refractivity contribution in [3.8, 4) is 11.4 Å². The van der Waals surface area contributed by atoms with Crippen LogP contribution in [-0.2, 0) is 12.8 Å². The van der Waals surface area contributed by atoms with E-state index in [0.717, 1.165) is 42.3 Å². The minimum Gasteiger partial charge on any atom is -0.330 e. The van der Waals surface area contributed by atoms with E-state index in [0.29, 0.717) is 23.9 Å². The average Bonchev–Trinajstić information content (AvgIpc) is 2.46. The molecule has 1 aliphatic carbocycles. The summed E-state index contributed by atoms with van der Waals surface area (Å²) >= 11 is 0. The summed E-state index contributed by atoms with van der Waals surface area (Å²) in [5, 5.41) is 0. The molecule has 0 aliphatic heterocycles. The summed E-state index contributed by atoms with van der Waals surface area (Å²) in [5.41, 5.74) is 9.10. The molecule has 0 amide bonds. The maximum Gasteiger partial charge on any atom is 0.159 e. The molecule has 5 heteroatoms. The molecule has 1 aromatic carbocycles. The highest BCUT2D eigenvalue weighted by Crippen LogP contribution is 2.28. The van der Waals surface area contributed by atoms with Crippen LogP contribution in [0.25, 0.3) is 11.4 Å². The summed E-state index contributed by atoms with van der Waals surface area (Å²) in [7, 11) is 0. The maximum absolute atomic E-state index is 13.3. The number of hydrogen-bond acceptors (Lipinski definition) is 3. The molecule has 1 heterocycles. The Labute approximate surface area is 122 Å². The highest BCUT2D eigenvalue weighted by Gasteiger charge is 2.22. The summed E-state index contributed by atoms with van der Waals surface area (Å²) < 4.78 is 26.7. The Hall–Kier alpha value is -1.88. The van der Waals surface area contributed by atoms with Crippen molar-refractivity contribution < 1.29 is 8.78 Å². The maximum atomic E-state index is 13.3. The Bertz CT molecular complexity index is 665. The van der Waals surface area contributed by atoms with Gasteiger partial charge in [0.05, 0.1) is 0 Å². The SMILES string of the molecule is Cc1nc(-c2cc(F)cc(F)c2)nc2c1CC(CN)CC2. The number of rotatable bonds is 2. The normalized spacial score (nSPS) is 17.6. The molecule has 110 valence electrons. The van der Waals surface area contributed by atoms with Crippen LogP contribution in [0.15, 0.2) is 18.2 Å². The van der Waals surface area contributed by atoms with Crippen molar-refractivity contribution in [1.29, 1.82) is 0 Å². The molecule has 0 saturated carbocycles. The highest BCUT2D eigenvalue weighted by molar-refractivity contribution is 5.56. The number of halogens is 2. The fourth-order valence-electron chi connectivity index (χ4n) is 2.87. The van der Waals surface area contributed by atoms with E-state index >= 15 is 0 Å². The van der Waals surface area contributed by atoms with Gasteiger partial charge in [-0.1, -0.05) is 0 Å². The monoisotopic (exact) mass is 289 g/mol. The first kappa shape index (κ1) is 14.1. The summed E-state index contributed by atoms with van der Waals surface area (Å²) in [6.07, 6.45) is 2.72. The van der Waals surface area contributed by atoms with E-state index in [1.165, 1.54) is 12.1 Å². The number of benzene rings is 1. The van der Waals surface area contributed by atoms with Gasteiger partial charge >= 0.3 is 0 Å². The molecule has 1 aromatic heterocycles. The first-order valence-electron chi connectivity index (χ1n) is 7.09. The van der Waals surface area contributed by atoms with E-state index in [4.69, 9.17) is 5.73 Å². The first-order chi connectivity index (χ1) is 10.1. The molecule has 0 radical (unpaired) electrons. The molecule has 0 saturated heterocycles. The summed E-state index contributed by atoms with van der Waals surface area (Å²) in [4.78, 5) is 8.93. The lowest BCUT2D eigenvalue weighted by molar-refractivity contribution is 0.460. The van der Waals surface area contributed by atoms with Gasteiger partial charge in [-0.05, 0) is 56.3 Å². The molecule has 1 unspecified atom stereocenters. The third-order valence-corrected chi connectivity index (χ3v) is 4.04. The zero-order valence-corrected chi connectivity index (χ0v) is 11.9.